The molecular formula is C20H29FN4. The lowest BCUT2D eigenvalue weighted by Crippen LogP contribution is -2.46. The summed E-state index contributed by atoms with van der Waals surface area (Å²) in [5, 5.41) is 3.78. The van der Waals surface area contributed by atoms with Crippen LogP contribution in [-0.4, -0.2) is 39.6 Å². The Labute approximate surface area is 150 Å². The molecule has 0 bridgehead atoms. The van der Waals surface area contributed by atoms with Gasteiger partial charge >= 0.3 is 0 Å². The molecule has 5 heteroatoms. The van der Waals surface area contributed by atoms with Gasteiger partial charge in [0.1, 0.15) is 11.6 Å². The standard InChI is InChI=1S/C20H29FN4/c1-3-20-22-10-13-25(20)14-16(2)23-19-8-11-24(12-9-19)15-17-4-6-18(21)7-5-17/h4-7,10,13,16,19,23H,3,8-9,11-12,14-15H2,1-2H3. The Kier molecular flexibility index (Phi) is 6.21. The normalized spacial score (nSPS) is 17.7. The van der Waals surface area contributed by atoms with Crippen molar-refractivity contribution >= 4 is 0 Å². The smallest absolute Gasteiger partial charge is 0.123 e. The van der Waals surface area contributed by atoms with E-state index in [0.717, 1.165) is 51.3 Å². The number of aryl methyl sites for hydroxylation is 1. The molecule has 0 radical (unpaired) electrons. The van der Waals surface area contributed by atoms with Crippen molar-refractivity contribution in [2.45, 2.75) is 58.3 Å². The first-order valence-electron chi connectivity index (χ1n) is 9.37. The van der Waals surface area contributed by atoms with Crippen LogP contribution >= 0.6 is 0 Å². The van der Waals surface area contributed by atoms with Crippen LogP contribution < -0.4 is 5.32 Å². The molecule has 4 nitrogen and oxygen atoms in total. The van der Waals surface area contributed by atoms with Gasteiger partial charge in [0.15, 0.2) is 0 Å². The van der Waals surface area contributed by atoms with Gasteiger partial charge < -0.3 is 9.88 Å². The summed E-state index contributed by atoms with van der Waals surface area (Å²) in [7, 11) is 0. The van der Waals surface area contributed by atoms with Gasteiger partial charge in [0.2, 0.25) is 0 Å². The Hall–Kier alpha value is -1.72. The summed E-state index contributed by atoms with van der Waals surface area (Å²) in [4.78, 5) is 6.85. The van der Waals surface area contributed by atoms with Gasteiger partial charge in [-0.05, 0) is 50.6 Å². The Balaban J connectivity index is 1.42. The van der Waals surface area contributed by atoms with Crippen LogP contribution in [0, 0.1) is 5.82 Å². The summed E-state index contributed by atoms with van der Waals surface area (Å²) in [5.74, 6) is 0.993. The summed E-state index contributed by atoms with van der Waals surface area (Å²) in [5.41, 5.74) is 1.19. The molecule has 25 heavy (non-hydrogen) atoms. The van der Waals surface area contributed by atoms with Gasteiger partial charge in [0, 0.05) is 44.0 Å². The number of aromatic nitrogens is 2. The fraction of sp³-hybridized carbons (Fsp3) is 0.550. The van der Waals surface area contributed by atoms with Gasteiger partial charge in [0.25, 0.3) is 0 Å². The van der Waals surface area contributed by atoms with Crippen molar-refractivity contribution in [3.05, 3.63) is 53.9 Å². The van der Waals surface area contributed by atoms with Crippen molar-refractivity contribution in [2.24, 2.45) is 0 Å². The molecule has 0 saturated carbocycles. The average Bonchev–Trinajstić information content (AvgIpc) is 3.05. The zero-order valence-electron chi connectivity index (χ0n) is 15.3. The van der Waals surface area contributed by atoms with Gasteiger partial charge in [-0.2, -0.15) is 0 Å². The highest BCUT2D eigenvalue weighted by Crippen LogP contribution is 2.15. The number of hydrogen-bond donors (Lipinski definition) is 1. The van der Waals surface area contributed by atoms with E-state index in [2.05, 4.69) is 39.8 Å². The first kappa shape index (κ1) is 18.1. The Morgan fingerprint density at radius 2 is 1.96 bits per heavy atom. The number of rotatable bonds is 7. The summed E-state index contributed by atoms with van der Waals surface area (Å²) in [6, 6.07) is 7.88. The van der Waals surface area contributed by atoms with Crippen molar-refractivity contribution in [1.29, 1.82) is 0 Å². The number of imidazole rings is 1. The molecule has 1 fully saturated rings. The van der Waals surface area contributed by atoms with Crippen molar-refractivity contribution in [3.63, 3.8) is 0 Å². The molecular weight excluding hydrogens is 315 g/mol. The highest BCUT2D eigenvalue weighted by molar-refractivity contribution is 5.16. The molecule has 1 aliphatic rings. The lowest BCUT2D eigenvalue weighted by molar-refractivity contribution is 0.183. The third-order valence-electron chi connectivity index (χ3n) is 5.02. The van der Waals surface area contributed by atoms with Crippen molar-refractivity contribution < 1.29 is 4.39 Å². The maximum atomic E-state index is 13.0. The molecule has 0 spiro atoms. The highest BCUT2D eigenvalue weighted by atomic mass is 19.1. The quantitative estimate of drug-likeness (QED) is 0.837. The number of benzene rings is 1. The van der Waals surface area contributed by atoms with Gasteiger partial charge in [-0.15, -0.1) is 0 Å². The van der Waals surface area contributed by atoms with Gasteiger partial charge in [0.05, 0.1) is 0 Å². The largest absolute Gasteiger partial charge is 0.333 e. The predicted molar refractivity (Wildman–Crippen MR) is 98.9 cm³/mol. The molecule has 136 valence electrons. The van der Waals surface area contributed by atoms with Gasteiger partial charge in [-0.25, -0.2) is 9.37 Å². The van der Waals surface area contributed by atoms with Gasteiger partial charge in [-0.1, -0.05) is 19.1 Å². The predicted octanol–water partition coefficient (Wildman–Crippen LogP) is 3.23. The molecule has 1 unspecified atom stereocenters. The minimum atomic E-state index is -0.162. The molecule has 3 rings (SSSR count). The molecule has 1 saturated heterocycles. The zero-order valence-corrected chi connectivity index (χ0v) is 15.3. The monoisotopic (exact) mass is 344 g/mol. The molecule has 1 aromatic carbocycles. The number of likely N-dealkylation sites (tertiary alicyclic amines) is 1. The molecule has 1 aromatic heterocycles. The molecule has 2 aromatic rings. The maximum Gasteiger partial charge on any atom is 0.123 e. The minimum absolute atomic E-state index is 0.162. The van der Waals surface area contributed by atoms with E-state index >= 15 is 0 Å². The number of piperidine rings is 1. The summed E-state index contributed by atoms with van der Waals surface area (Å²) < 4.78 is 15.2. The van der Waals surface area contributed by atoms with Crippen LogP contribution in [0.4, 0.5) is 4.39 Å². The first-order chi connectivity index (χ1) is 12.1. The van der Waals surface area contributed by atoms with Crippen LogP contribution in [0.25, 0.3) is 0 Å². The zero-order chi connectivity index (χ0) is 17.6. The molecule has 0 amide bonds. The molecule has 2 heterocycles. The number of halogens is 1. The van der Waals surface area contributed by atoms with Crippen molar-refractivity contribution in [1.82, 2.24) is 19.8 Å². The third-order valence-corrected chi connectivity index (χ3v) is 5.02. The second kappa shape index (κ2) is 8.59. The SMILES string of the molecule is CCc1nccn1CC(C)NC1CCN(Cc2ccc(F)cc2)CC1. The first-order valence-corrected chi connectivity index (χ1v) is 9.37. The Morgan fingerprint density at radius 1 is 1.24 bits per heavy atom. The number of hydrogen-bond acceptors (Lipinski definition) is 3. The van der Waals surface area contributed by atoms with E-state index in [9.17, 15) is 4.39 Å². The molecule has 0 aliphatic carbocycles. The summed E-state index contributed by atoms with van der Waals surface area (Å²) >= 11 is 0. The van der Waals surface area contributed by atoms with Crippen LogP contribution in [0.1, 0.15) is 38.1 Å². The Morgan fingerprint density at radius 3 is 2.64 bits per heavy atom. The van der Waals surface area contributed by atoms with E-state index in [1.807, 2.05) is 18.3 Å². The fourth-order valence-corrected chi connectivity index (χ4v) is 3.68. The number of nitrogens with zero attached hydrogens (tertiary/aromatic N) is 3. The van der Waals surface area contributed by atoms with Crippen LogP contribution in [0.5, 0.6) is 0 Å². The lowest BCUT2D eigenvalue weighted by atomic mass is 10.0. The van der Waals surface area contributed by atoms with Crippen molar-refractivity contribution in [2.75, 3.05) is 13.1 Å². The van der Waals surface area contributed by atoms with Crippen LogP contribution in [0.15, 0.2) is 36.7 Å². The van der Waals surface area contributed by atoms with Gasteiger partial charge in [-0.3, -0.25) is 4.90 Å². The van der Waals surface area contributed by atoms with E-state index in [-0.39, 0.29) is 5.82 Å². The topological polar surface area (TPSA) is 33.1 Å². The Bertz CT molecular complexity index is 644. The second-order valence-electron chi connectivity index (χ2n) is 7.09. The molecule has 1 aliphatic heterocycles. The molecule has 1 N–H and O–H groups in total. The average molecular weight is 344 g/mol. The van der Waals surface area contributed by atoms with E-state index in [1.54, 1.807) is 12.1 Å². The summed E-state index contributed by atoms with van der Waals surface area (Å²) in [6.07, 6.45) is 7.26. The lowest BCUT2D eigenvalue weighted by Gasteiger charge is -2.34. The van der Waals surface area contributed by atoms with Crippen LogP contribution in [-0.2, 0) is 19.5 Å². The highest BCUT2D eigenvalue weighted by Gasteiger charge is 2.20. The van der Waals surface area contributed by atoms with Crippen LogP contribution in [0.3, 0.4) is 0 Å². The van der Waals surface area contributed by atoms with E-state index in [1.165, 1.54) is 5.56 Å². The molecule has 1 atom stereocenters. The fourth-order valence-electron chi connectivity index (χ4n) is 3.68. The van der Waals surface area contributed by atoms with Crippen molar-refractivity contribution in [3.8, 4) is 0 Å². The van der Waals surface area contributed by atoms with E-state index < -0.39 is 0 Å². The van der Waals surface area contributed by atoms with E-state index in [0.29, 0.717) is 12.1 Å². The second-order valence-corrected chi connectivity index (χ2v) is 7.09. The maximum absolute atomic E-state index is 13.0. The van der Waals surface area contributed by atoms with Crippen LogP contribution in [0.2, 0.25) is 0 Å². The number of nitrogens with one attached hydrogen (secondary N) is 1. The third kappa shape index (κ3) is 5.13. The minimum Gasteiger partial charge on any atom is -0.333 e. The summed E-state index contributed by atoms with van der Waals surface area (Å²) in [6.45, 7) is 8.47. The van der Waals surface area contributed by atoms with E-state index in [4.69, 9.17) is 0 Å².